The highest BCUT2D eigenvalue weighted by molar-refractivity contribution is 5.97. The van der Waals surface area contributed by atoms with E-state index in [1.165, 1.54) is 23.1 Å². The number of imidazole rings is 1. The number of carbonyl (C=O) groups excluding carboxylic acids is 1. The third-order valence-electron chi connectivity index (χ3n) is 4.98. The van der Waals surface area contributed by atoms with Crippen molar-refractivity contribution in [3.8, 4) is 0 Å². The second-order valence-corrected chi connectivity index (χ2v) is 7.23. The summed E-state index contributed by atoms with van der Waals surface area (Å²) in [6.07, 6.45) is -4.85. The lowest BCUT2D eigenvalue weighted by Crippen LogP contribution is -2.50. The highest BCUT2D eigenvalue weighted by atomic mass is 19.4. The summed E-state index contributed by atoms with van der Waals surface area (Å²) in [6.45, 7) is 3.31. The molecule has 2 N–H and O–H groups in total. The third kappa shape index (κ3) is 3.44. The molecule has 0 atom stereocenters. The normalized spacial score (nSPS) is 17.3. The molecule has 28 heavy (non-hydrogen) atoms. The van der Waals surface area contributed by atoms with Gasteiger partial charge in [0.1, 0.15) is 0 Å². The fourth-order valence-electron chi connectivity index (χ4n) is 3.43. The number of benzene rings is 1. The van der Waals surface area contributed by atoms with Gasteiger partial charge < -0.3 is 19.7 Å². The molecule has 1 amide bonds. The van der Waals surface area contributed by atoms with Crippen LogP contribution in [0.1, 0.15) is 48.9 Å². The number of rotatable bonds is 3. The van der Waals surface area contributed by atoms with Gasteiger partial charge in [0.25, 0.3) is 5.91 Å². The third-order valence-corrected chi connectivity index (χ3v) is 4.98. The van der Waals surface area contributed by atoms with E-state index in [2.05, 4.69) is 4.98 Å². The number of amides is 1. The zero-order chi connectivity index (χ0) is 20.9. The number of carbonyl (C=O) groups is 2. The summed E-state index contributed by atoms with van der Waals surface area (Å²) in [4.78, 5) is 28.8. The van der Waals surface area contributed by atoms with Crippen LogP contribution in [0.4, 0.5) is 13.2 Å². The molecule has 1 aliphatic heterocycles. The summed E-state index contributed by atoms with van der Waals surface area (Å²) >= 11 is 0. The molecule has 0 aliphatic carbocycles. The second kappa shape index (κ2) is 6.77. The average molecular weight is 399 g/mol. The monoisotopic (exact) mass is 399 g/mol. The van der Waals surface area contributed by atoms with Gasteiger partial charge in [0, 0.05) is 37.5 Å². The number of alkyl halides is 3. The van der Waals surface area contributed by atoms with Crippen LogP contribution in [0.2, 0.25) is 0 Å². The van der Waals surface area contributed by atoms with Crippen molar-refractivity contribution in [2.75, 3.05) is 13.1 Å². The summed E-state index contributed by atoms with van der Waals surface area (Å²) in [7, 11) is 0. The fraction of sp³-hybridized carbons (Fsp3) is 0.500. The van der Waals surface area contributed by atoms with E-state index in [0.717, 1.165) is 4.57 Å². The van der Waals surface area contributed by atoms with E-state index in [0.29, 0.717) is 0 Å². The van der Waals surface area contributed by atoms with Crippen LogP contribution in [0, 0.1) is 0 Å². The van der Waals surface area contributed by atoms with E-state index in [9.17, 15) is 27.9 Å². The summed E-state index contributed by atoms with van der Waals surface area (Å²) in [5.74, 6) is -2.80. The lowest BCUT2D eigenvalue weighted by atomic mass is 9.91. The molecule has 3 rings (SSSR count). The maximum Gasteiger partial charge on any atom is 0.449 e. The summed E-state index contributed by atoms with van der Waals surface area (Å²) < 4.78 is 41.0. The first-order valence-corrected chi connectivity index (χ1v) is 8.78. The number of hydrogen-bond donors (Lipinski definition) is 2. The number of halogens is 3. The Labute approximate surface area is 158 Å². The molecule has 152 valence electrons. The van der Waals surface area contributed by atoms with Crippen molar-refractivity contribution in [1.82, 2.24) is 14.5 Å². The molecule has 1 aliphatic rings. The van der Waals surface area contributed by atoms with E-state index in [1.54, 1.807) is 13.8 Å². The summed E-state index contributed by atoms with van der Waals surface area (Å²) in [6, 6.07) is 3.70. The molecule has 1 saturated heterocycles. The number of aromatic nitrogens is 2. The number of carboxylic acids is 1. The van der Waals surface area contributed by atoms with Crippen molar-refractivity contribution in [3.05, 3.63) is 29.6 Å². The smallest absolute Gasteiger partial charge is 0.449 e. The minimum atomic E-state index is -4.62. The van der Waals surface area contributed by atoms with E-state index in [1.807, 2.05) is 0 Å². The lowest BCUT2D eigenvalue weighted by Gasteiger charge is -2.35. The van der Waals surface area contributed by atoms with Gasteiger partial charge in [-0.3, -0.25) is 4.79 Å². The topological polar surface area (TPSA) is 95.7 Å². The molecule has 10 heteroatoms. The maximum absolute atomic E-state index is 13.3. The molecule has 0 radical (unpaired) electrons. The first-order chi connectivity index (χ1) is 12.9. The van der Waals surface area contributed by atoms with Gasteiger partial charge in [-0.05, 0) is 32.0 Å². The minimum Gasteiger partial charge on any atom is -0.479 e. The predicted molar refractivity (Wildman–Crippen MR) is 92.8 cm³/mol. The van der Waals surface area contributed by atoms with Gasteiger partial charge in [-0.15, -0.1) is 0 Å². The number of likely N-dealkylation sites (tertiary alicyclic amines) is 1. The fourth-order valence-corrected chi connectivity index (χ4v) is 3.43. The highest BCUT2D eigenvalue weighted by Gasteiger charge is 2.41. The molecule has 0 bridgehead atoms. The number of aliphatic hydroxyl groups is 1. The van der Waals surface area contributed by atoms with Crippen LogP contribution in [0.25, 0.3) is 11.0 Å². The van der Waals surface area contributed by atoms with E-state index in [4.69, 9.17) is 5.11 Å². The van der Waals surface area contributed by atoms with Gasteiger partial charge >= 0.3 is 12.1 Å². The second-order valence-electron chi connectivity index (χ2n) is 7.23. The van der Waals surface area contributed by atoms with Gasteiger partial charge in [0.2, 0.25) is 5.82 Å². The number of piperidine rings is 1. The van der Waals surface area contributed by atoms with Crippen molar-refractivity contribution < 1.29 is 33.0 Å². The van der Waals surface area contributed by atoms with Gasteiger partial charge in [-0.2, -0.15) is 13.2 Å². The van der Waals surface area contributed by atoms with Gasteiger partial charge in [-0.1, -0.05) is 0 Å². The Balaban J connectivity index is 1.91. The average Bonchev–Trinajstić information content (AvgIpc) is 3.01. The number of nitrogens with zero attached hydrogens (tertiary/aromatic N) is 3. The Hall–Kier alpha value is -2.62. The molecular formula is C18H20F3N3O4. The Morgan fingerprint density at radius 3 is 2.32 bits per heavy atom. The Kier molecular flexibility index (Phi) is 4.86. The molecule has 2 heterocycles. The molecule has 1 aromatic carbocycles. The largest absolute Gasteiger partial charge is 0.479 e. The van der Waals surface area contributed by atoms with Crippen molar-refractivity contribution in [2.24, 2.45) is 0 Å². The van der Waals surface area contributed by atoms with Crippen LogP contribution in [0.3, 0.4) is 0 Å². The first-order valence-electron chi connectivity index (χ1n) is 8.78. The highest BCUT2D eigenvalue weighted by Crippen LogP contribution is 2.34. The quantitative estimate of drug-likeness (QED) is 0.828. The van der Waals surface area contributed by atoms with Gasteiger partial charge in [-0.25, -0.2) is 9.78 Å². The summed E-state index contributed by atoms with van der Waals surface area (Å²) in [5, 5.41) is 19.0. The molecule has 2 aromatic rings. The predicted octanol–water partition coefficient (Wildman–Crippen LogP) is 2.69. The Morgan fingerprint density at radius 2 is 1.82 bits per heavy atom. The van der Waals surface area contributed by atoms with E-state index in [-0.39, 0.29) is 42.5 Å². The van der Waals surface area contributed by atoms with E-state index < -0.39 is 35.5 Å². The summed E-state index contributed by atoms with van der Waals surface area (Å²) in [5.41, 5.74) is -1.36. The zero-order valence-electron chi connectivity index (χ0n) is 15.3. The number of carboxylic acid groups (broad SMARTS) is 1. The molecule has 7 nitrogen and oxygen atoms in total. The van der Waals surface area contributed by atoms with Gasteiger partial charge in [0.15, 0.2) is 5.60 Å². The van der Waals surface area contributed by atoms with Crippen molar-refractivity contribution in [2.45, 2.75) is 44.5 Å². The van der Waals surface area contributed by atoms with Crippen molar-refractivity contribution in [3.63, 3.8) is 0 Å². The zero-order valence-corrected chi connectivity index (χ0v) is 15.3. The lowest BCUT2D eigenvalue weighted by molar-refractivity contribution is -0.162. The van der Waals surface area contributed by atoms with Crippen molar-refractivity contribution in [1.29, 1.82) is 0 Å². The number of aliphatic carboxylic acids is 1. The van der Waals surface area contributed by atoms with Crippen LogP contribution < -0.4 is 0 Å². The molecule has 1 fully saturated rings. The maximum atomic E-state index is 13.3. The standard InChI is InChI=1S/C18H20F3N3O4/c1-10(2)24-13-4-3-11(9-12(13)22-15(24)18(19,20)21)14(25)23-7-5-17(28,6-8-23)16(26)27/h3-4,9-10,28H,5-8H2,1-2H3,(H,26,27). The molecule has 0 unspecified atom stereocenters. The van der Waals surface area contributed by atoms with Crippen LogP contribution in [0.15, 0.2) is 18.2 Å². The Bertz CT molecular complexity index is 928. The van der Waals surface area contributed by atoms with Crippen LogP contribution >= 0.6 is 0 Å². The number of hydrogen-bond acceptors (Lipinski definition) is 4. The minimum absolute atomic E-state index is 0.0356. The van der Waals surface area contributed by atoms with Gasteiger partial charge in [0.05, 0.1) is 11.0 Å². The van der Waals surface area contributed by atoms with E-state index >= 15 is 0 Å². The van der Waals surface area contributed by atoms with Crippen LogP contribution in [-0.4, -0.2) is 55.2 Å². The SMILES string of the molecule is CC(C)n1c(C(F)(F)F)nc2cc(C(=O)N3CCC(O)(C(=O)O)CC3)ccc21. The molecule has 1 aromatic heterocycles. The molecule has 0 spiro atoms. The van der Waals surface area contributed by atoms with Crippen LogP contribution in [-0.2, 0) is 11.0 Å². The molecular weight excluding hydrogens is 379 g/mol. The van der Waals surface area contributed by atoms with Crippen LogP contribution in [0.5, 0.6) is 0 Å². The van der Waals surface area contributed by atoms with Crippen molar-refractivity contribution >= 4 is 22.9 Å². The molecule has 0 saturated carbocycles. The first kappa shape index (κ1) is 20.1. The Morgan fingerprint density at radius 1 is 1.21 bits per heavy atom. The number of fused-ring (bicyclic) bond motifs is 1.